The molecule has 0 radical (unpaired) electrons. The van der Waals surface area contributed by atoms with Crippen LogP contribution in [-0.2, 0) is 0 Å². The standard InChI is InChI=1S/C15H31N3O/c1-3-5-7-11-17(12-8-6-4-2)15(19)18-13-9-16-10-14-18/h16H,3-14H2,1-2H3. The van der Waals surface area contributed by atoms with Gasteiger partial charge in [0.05, 0.1) is 0 Å². The van der Waals surface area contributed by atoms with Crippen molar-refractivity contribution in [1.29, 1.82) is 0 Å². The topological polar surface area (TPSA) is 35.6 Å². The summed E-state index contributed by atoms with van der Waals surface area (Å²) in [5, 5.41) is 3.30. The lowest BCUT2D eigenvalue weighted by Gasteiger charge is -2.33. The van der Waals surface area contributed by atoms with E-state index in [2.05, 4.69) is 24.1 Å². The summed E-state index contributed by atoms with van der Waals surface area (Å²) in [4.78, 5) is 16.6. The molecular weight excluding hydrogens is 238 g/mol. The van der Waals surface area contributed by atoms with E-state index < -0.39 is 0 Å². The number of nitrogens with zero attached hydrogens (tertiary/aromatic N) is 2. The van der Waals surface area contributed by atoms with E-state index in [9.17, 15) is 4.79 Å². The van der Waals surface area contributed by atoms with Crippen molar-refractivity contribution in [1.82, 2.24) is 15.1 Å². The van der Waals surface area contributed by atoms with Crippen molar-refractivity contribution >= 4 is 6.03 Å². The van der Waals surface area contributed by atoms with E-state index in [-0.39, 0.29) is 6.03 Å². The van der Waals surface area contributed by atoms with Gasteiger partial charge in [-0.05, 0) is 12.8 Å². The van der Waals surface area contributed by atoms with Gasteiger partial charge in [-0.2, -0.15) is 0 Å². The minimum Gasteiger partial charge on any atom is -0.325 e. The summed E-state index contributed by atoms with van der Waals surface area (Å²) in [6.07, 6.45) is 7.15. The lowest BCUT2D eigenvalue weighted by atomic mass is 10.2. The van der Waals surface area contributed by atoms with Gasteiger partial charge in [-0.15, -0.1) is 0 Å². The zero-order valence-electron chi connectivity index (χ0n) is 12.8. The Morgan fingerprint density at radius 3 is 2.00 bits per heavy atom. The van der Waals surface area contributed by atoms with Gasteiger partial charge in [0, 0.05) is 39.3 Å². The van der Waals surface area contributed by atoms with Crippen molar-refractivity contribution in [2.24, 2.45) is 0 Å². The lowest BCUT2D eigenvalue weighted by molar-refractivity contribution is 0.144. The first kappa shape index (κ1) is 16.3. The van der Waals surface area contributed by atoms with Crippen LogP contribution in [-0.4, -0.2) is 55.1 Å². The highest BCUT2D eigenvalue weighted by molar-refractivity contribution is 5.74. The molecule has 1 aliphatic rings. The molecule has 0 unspecified atom stereocenters. The van der Waals surface area contributed by atoms with E-state index >= 15 is 0 Å². The van der Waals surface area contributed by atoms with Crippen LogP contribution in [0.4, 0.5) is 4.79 Å². The molecule has 19 heavy (non-hydrogen) atoms. The van der Waals surface area contributed by atoms with Crippen molar-refractivity contribution in [3.63, 3.8) is 0 Å². The van der Waals surface area contributed by atoms with E-state index in [0.29, 0.717) is 0 Å². The van der Waals surface area contributed by atoms with Gasteiger partial charge in [0.2, 0.25) is 0 Å². The van der Waals surface area contributed by atoms with Crippen molar-refractivity contribution in [3.05, 3.63) is 0 Å². The molecule has 0 aliphatic carbocycles. The third-order valence-corrected chi connectivity index (χ3v) is 3.72. The average Bonchev–Trinajstić information content (AvgIpc) is 2.46. The third kappa shape index (κ3) is 6.28. The zero-order valence-corrected chi connectivity index (χ0v) is 12.8. The van der Waals surface area contributed by atoms with Gasteiger partial charge in [-0.25, -0.2) is 4.79 Å². The molecule has 112 valence electrons. The largest absolute Gasteiger partial charge is 0.325 e. The average molecular weight is 269 g/mol. The molecule has 1 aliphatic heterocycles. The first-order valence-electron chi connectivity index (χ1n) is 8.04. The molecule has 1 heterocycles. The summed E-state index contributed by atoms with van der Waals surface area (Å²) >= 11 is 0. The SMILES string of the molecule is CCCCCN(CCCCC)C(=O)N1CCNCC1. The summed E-state index contributed by atoms with van der Waals surface area (Å²) in [6.45, 7) is 9.86. The number of piperazine rings is 1. The minimum atomic E-state index is 0.258. The molecule has 0 aromatic rings. The molecule has 4 nitrogen and oxygen atoms in total. The molecule has 2 amide bonds. The summed E-state index contributed by atoms with van der Waals surface area (Å²) in [7, 11) is 0. The predicted molar refractivity (Wildman–Crippen MR) is 80.5 cm³/mol. The highest BCUT2D eigenvalue weighted by Gasteiger charge is 2.21. The maximum Gasteiger partial charge on any atom is 0.320 e. The van der Waals surface area contributed by atoms with Crippen LogP contribution >= 0.6 is 0 Å². The van der Waals surface area contributed by atoms with Gasteiger partial charge in [0.25, 0.3) is 0 Å². The molecule has 0 saturated carbocycles. The van der Waals surface area contributed by atoms with Crippen molar-refractivity contribution < 1.29 is 4.79 Å². The van der Waals surface area contributed by atoms with E-state index in [0.717, 1.165) is 52.1 Å². The van der Waals surface area contributed by atoms with Crippen LogP contribution in [0, 0.1) is 0 Å². The summed E-state index contributed by atoms with van der Waals surface area (Å²) < 4.78 is 0. The predicted octanol–water partition coefficient (Wildman–Crippen LogP) is 2.69. The number of nitrogens with one attached hydrogen (secondary N) is 1. The summed E-state index contributed by atoms with van der Waals surface area (Å²) in [5.41, 5.74) is 0. The molecule has 1 fully saturated rings. The Labute approximate surface area is 118 Å². The second-order valence-corrected chi connectivity index (χ2v) is 5.42. The number of unbranched alkanes of at least 4 members (excludes halogenated alkanes) is 4. The molecule has 0 aromatic heterocycles. The van der Waals surface area contributed by atoms with Crippen molar-refractivity contribution in [2.45, 2.75) is 52.4 Å². The maximum absolute atomic E-state index is 12.5. The van der Waals surface area contributed by atoms with Crippen molar-refractivity contribution in [2.75, 3.05) is 39.3 Å². The van der Waals surface area contributed by atoms with Crippen LogP contribution in [0.25, 0.3) is 0 Å². The number of amides is 2. The van der Waals surface area contributed by atoms with E-state index in [1.165, 1.54) is 25.7 Å². The number of urea groups is 1. The fraction of sp³-hybridized carbons (Fsp3) is 0.933. The number of rotatable bonds is 8. The Balaban J connectivity index is 2.41. The fourth-order valence-corrected chi connectivity index (χ4v) is 2.46. The minimum absolute atomic E-state index is 0.258. The molecule has 0 spiro atoms. The van der Waals surface area contributed by atoms with E-state index in [1.54, 1.807) is 0 Å². The smallest absolute Gasteiger partial charge is 0.320 e. The molecule has 0 aromatic carbocycles. The Morgan fingerprint density at radius 1 is 1.00 bits per heavy atom. The normalized spacial score (nSPS) is 15.6. The van der Waals surface area contributed by atoms with Crippen LogP contribution in [0.1, 0.15) is 52.4 Å². The van der Waals surface area contributed by atoms with Gasteiger partial charge in [-0.1, -0.05) is 39.5 Å². The van der Waals surface area contributed by atoms with Crippen LogP contribution in [0.2, 0.25) is 0 Å². The fourth-order valence-electron chi connectivity index (χ4n) is 2.46. The van der Waals surface area contributed by atoms with E-state index in [1.807, 2.05) is 4.90 Å². The highest BCUT2D eigenvalue weighted by atomic mass is 16.2. The molecule has 1 rings (SSSR count). The Kier molecular flexibility index (Phi) is 8.63. The molecule has 0 bridgehead atoms. The molecule has 0 atom stereocenters. The first-order valence-corrected chi connectivity index (χ1v) is 8.04. The van der Waals surface area contributed by atoms with Gasteiger partial charge >= 0.3 is 6.03 Å². The number of carbonyl (C=O) groups is 1. The quantitative estimate of drug-likeness (QED) is 0.688. The van der Waals surface area contributed by atoms with Crippen LogP contribution < -0.4 is 5.32 Å². The first-order chi connectivity index (χ1) is 9.29. The number of hydrogen-bond acceptors (Lipinski definition) is 2. The third-order valence-electron chi connectivity index (χ3n) is 3.72. The Morgan fingerprint density at radius 2 is 1.53 bits per heavy atom. The van der Waals surface area contributed by atoms with Gasteiger partial charge in [0.1, 0.15) is 0 Å². The number of hydrogen-bond donors (Lipinski definition) is 1. The summed E-state index contributed by atoms with van der Waals surface area (Å²) in [6, 6.07) is 0.258. The maximum atomic E-state index is 12.5. The number of carbonyl (C=O) groups excluding carboxylic acids is 1. The van der Waals surface area contributed by atoms with Crippen molar-refractivity contribution in [3.8, 4) is 0 Å². The molecular formula is C15H31N3O. The van der Waals surface area contributed by atoms with Crippen LogP contribution in [0.3, 0.4) is 0 Å². The van der Waals surface area contributed by atoms with Gasteiger partial charge in [0.15, 0.2) is 0 Å². The molecule has 1 saturated heterocycles. The Hall–Kier alpha value is -0.770. The zero-order chi connectivity index (χ0) is 13.9. The molecule has 4 heteroatoms. The van der Waals surface area contributed by atoms with Gasteiger partial charge < -0.3 is 15.1 Å². The Bertz CT molecular complexity index is 230. The van der Waals surface area contributed by atoms with Gasteiger partial charge in [-0.3, -0.25) is 0 Å². The van der Waals surface area contributed by atoms with Crippen LogP contribution in [0.15, 0.2) is 0 Å². The second-order valence-electron chi connectivity index (χ2n) is 5.42. The van der Waals surface area contributed by atoms with Crippen LogP contribution in [0.5, 0.6) is 0 Å². The van der Waals surface area contributed by atoms with E-state index in [4.69, 9.17) is 0 Å². The lowest BCUT2D eigenvalue weighted by Crippen LogP contribution is -2.51. The monoisotopic (exact) mass is 269 g/mol. The highest BCUT2D eigenvalue weighted by Crippen LogP contribution is 2.07. The summed E-state index contributed by atoms with van der Waals surface area (Å²) in [5.74, 6) is 0. The second kappa shape index (κ2) is 10.1. The molecule has 1 N–H and O–H groups in total.